The molecule has 0 aliphatic carbocycles. The second-order valence-corrected chi connectivity index (χ2v) is 4.38. The molecule has 1 heterocycles. The van der Waals surface area contributed by atoms with E-state index in [1.54, 1.807) is 6.07 Å². The molecule has 1 aromatic heterocycles. The van der Waals surface area contributed by atoms with Crippen molar-refractivity contribution in [1.82, 2.24) is 10.2 Å². The average molecular weight is 257 g/mol. The highest BCUT2D eigenvalue weighted by Crippen LogP contribution is 2.11. The number of anilines is 3. The van der Waals surface area contributed by atoms with Crippen molar-refractivity contribution in [3.05, 3.63) is 42.5 Å². The second-order valence-electron chi connectivity index (χ2n) is 4.38. The van der Waals surface area contributed by atoms with Gasteiger partial charge in [0.05, 0.1) is 0 Å². The first-order valence-corrected chi connectivity index (χ1v) is 6.35. The number of rotatable bonds is 6. The van der Waals surface area contributed by atoms with Gasteiger partial charge in [-0.15, -0.1) is 10.2 Å². The first kappa shape index (κ1) is 13.1. The minimum atomic E-state index is 0.439. The van der Waals surface area contributed by atoms with Gasteiger partial charge in [-0.1, -0.05) is 18.2 Å². The van der Waals surface area contributed by atoms with Crippen LogP contribution in [0.5, 0.6) is 0 Å². The lowest BCUT2D eigenvalue weighted by Crippen LogP contribution is -2.20. The molecule has 0 aliphatic rings. The lowest BCUT2D eigenvalue weighted by Gasteiger charge is -2.19. The third-order valence-corrected chi connectivity index (χ3v) is 2.86. The normalized spacial score (nSPS) is 10.2. The molecule has 3 N–H and O–H groups in total. The largest absolute Gasteiger partial charge is 0.382 e. The SMILES string of the molecule is CN(CCCNc1ccc(N)nn1)c1ccccc1. The van der Waals surface area contributed by atoms with Crippen LogP contribution < -0.4 is 16.0 Å². The Hall–Kier alpha value is -2.30. The summed E-state index contributed by atoms with van der Waals surface area (Å²) in [5.74, 6) is 1.20. The molecule has 0 aliphatic heterocycles. The average Bonchev–Trinajstić information content (AvgIpc) is 2.46. The van der Waals surface area contributed by atoms with Crippen LogP contribution in [0.2, 0.25) is 0 Å². The Morgan fingerprint density at radius 2 is 1.89 bits per heavy atom. The second kappa shape index (κ2) is 6.58. The number of nitrogens with zero attached hydrogens (tertiary/aromatic N) is 3. The van der Waals surface area contributed by atoms with Gasteiger partial charge in [-0.05, 0) is 30.7 Å². The number of benzene rings is 1. The number of nitrogens with two attached hydrogens (primary N) is 1. The molecule has 0 spiro atoms. The van der Waals surface area contributed by atoms with Gasteiger partial charge in [-0.2, -0.15) is 0 Å². The van der Waals surface area contributed by atoms with Crippen LogP contribution in [-0.2, 0) is 0 Å². The van der Waals surface area contributed by atoms with Gasteiger partial charge in [0.25, 0.3) is 0 Å². The van der Waals surface area contributed by atoms with Crippen LogP contribution in [0.1, 0.15) is 6.42 Å². The Balaban J connectivity index is 1.71. The Labute approximate surface area is 113 Å². The van der Waals surface area contributed by atoms with E-state index in [9.17, 15) is 0 Å². The van der Waals surface area contributed by atoms with Crippen LogP contribution in [0, 0.1) is 0 Å². The topological polar surface area (TPSA) is 67.1 Å². The number of hydrogen-bond acceptors (Lipinski definition) is 5. The molecule has 5 nitrogen and oxygen atoms in total. The summed E-state index contributed by atoms with van der Waals surface area (Å²) in [7, 11) is 2.10. The fourth-order valence-corrected chi connectivity index (χ4v) is 1.78. The van der Waals surface area contributed by atoms with Crippen molar-refractivity contribution in [3.63, 3.8) is 0 Å². The van der Waals surface area contributed by atoms with Gasteiger partial charge in [-0.3, -0.25) is 0 Å². The summed E-state index contributed by atoms with van der Waals surface area (Å²) >= 11 is 0. The Bertz CT molecular complexity index is 483. The molecule has 0 radical (unpaired) electrons. The van der Waals surface area contributed by atoms with Crippen molar-refractivity contribution in [3.8, 4) is 0 Å². The van der Waals surface area contributed by atoms with Crippen molar-refractivity contribution in [2.24, 2.45) is 0 Å². The molecule has 100 valence electrons. The fourth-order valence-electron chi connectivity index (χ4n) is 1.78. The van der Waals surface area contributed by atoms with Gasteiger partial charge >= 0.3 is 0 Å². The molecular weight excluding hydrogens is 238 g/mol. The van der Waals surface area contributed by atoms with E-state index in [1.807, 2.05) is 24.3 Å². The first-order chi connectivity index (χ1) is 9.25. The maximum atomic E-state index is 5.48. The molecular formula is C14H19N5. The zero-order valence-corrected chi connectivity index (χ0v) is 11.1. The highest BCUT2D eigenvalue weighted by Gasteiger charge is 1.99. The molecule has 0 saturated carbocycles. The number of para-hydroxylation sites is 1. The van der Waals surface area contributed by atoms with Gasteiger partial charge in [0.15, 0.2) is 0 Å². The lowest BCUT2D eigenvalue weighted by molar-refractivity contribution is 0.812. The number of hydrogen-bond donors (Lipinski definition) is 2. The maximum Gasteiger partial charge on any atom is 0.148 e. The van der Waals surface area contributed by atoms with Crippen LogP contribution in [0.25, 0.3) is 0 Å². The monoisotopic (exact) mass is 257 g/mol. The van der Waals surface area contributed by atoms with Crippen molar-refractivity contribution in [2.45, 2.75) is 6.42 Å². The van der Waals surface area contributed by atoms with Crippen LogP contribution >= 0.6 is 0 Å². The Kier molecular flexibility index (Phi) is 4.55. The summed E-state index contributed by atoms with van der Waals surface area (Å²) in [6, 6.07) is 13.9. The third kappa shape index (κ3) is 4.13. The molecule has 1 aromatic carbocycles. The van der Waals surface area contributed by atoms with E-state index in [1.165, 1.54) is 5.69 Å². The van der Waals surface area contributed by atoms with E-state index in [2.05, 4.69) is 39.6 Å². The van der Waals surface area contributed by atoms with E-state index in [0.717, 1.165) is 25.3 Å². The molecule has 0 saturated heterocycles. The summed E-state index contributed by atoms with van der Waals surface area (Å²) < 4.78 is 0. The third-order valence-electron chi connectivity index (χ3n) is 2.86. The molecule has 0 fully saturated rings. The van der Waals surface area contributed by atoms with Gasteiger partial charge < -0.3 is 16.0 Å². The van der Waals surface area contributed by atoms with Gasteiger partial charge in [0, 0.05) is 25.8 Å². The molecule has 2 rings (SSSR count). The molecule has 0 atom stereocenters. The van der Waals surface area contributed by atoms with E-state index in [0.29, 0.717) is 5.82 Å². The summed E-state index contributed by atoms with van der Waals surface area (Å²) in [4.78, 5) is 2.23. The van der Waals surface area contributed by atoms with Gasteiger partial charge in [-0.25, -0.2) is 0 Å². The molecule has 2 aromatic rings. The minimum Gasteiger partial charge on any atom is -0.382 e. The van der Waals surface area contributed by atoms with Crippen molar-refractivity contribution < 1.29 is 0 Å². The fraction of sp³-hybridized carbons (Fsp3) is 0.286. The van der Waals surface area contributed by atoms with Crippen LogP contribution in [0.15, 0.2) is 42.5 Å². The number of nitrogens with one attached hydrogen (secondary N) is 1. The number of nitrogen functional groups attached to an aromatic ring is 1. The van der Waals surface area contributed by atoms with Crippen molar-refractivity contribution >= 4 is 17.3 Å². The predicted molar refractivity (Wildman–Crippen MR) is 79.3 cm³/mol. The zero-order chi connectivity index (χ0) is 13.5. The summed E-state index contributed by atoms with van der Waals surface area (Å²) in [6.07, 6.45) is 1.03. The molecule has 0 bridgehead atoms. The predicted octanol–water partition coefficient (Wildman–Crippen LogP) is 2.00. The van der Waals surface area contributed by atoms with Crippen LogP contribution in [0.4, 0.5) is 17.3 Å². The maximum absolute atomic E-state index is 5.48. The molecule has 5 heteroatoms. The highest BCUT2D eigenvalue weighted by atomic mass is 15.2. The van der Waals surface area contributed by atoms with Gasteiger partial charge in [0.2, 0.25) is 0 Å². The summed E-state index contributed by atoms with van der Waals surface area (Å²) in [6.45, 7) is 1.84. The van der Waals surface area contributed by atoms with E-state index < -0.39 is 0 Å². The standard InChI is InChI=1S/C14H19N5/c1-19(12-6-3-2-4-7-12)11-5-10-16-14-9-8-13(15)17-18-14/h2-4,6-9H,5,10-11H2,1H3,(H2,15,17)(H,16,18). The number of aromatic nitrogens is 2. The van der Waals surface area contributed by atoms with E-state index >= 15 is 0 Å². The zero-order valence-electron chi connectivity index (χ0n) is 11.1. The quantitative estimate of drug-likeness (QED) is 0.775. The lowest BCUT2D eigenvalue weighted by atomic mass is 10.3. The summed E-state index contributed by atoms with van der Waals surface area (Å²) in [5, 5.41) is 11.0. The summed E-state index contributed by atoms with van der Waals surface area (Å²) in [5.41, 5.74) is 6.71. The van der Waals surface area contributed by atoms with Crippen molar-refractivity contribution in [1.29, 1.82) is 0 Å². The van der Waals surface area contributed by atoms with Gasteiger partial charge in [0.1, 0.15) is 11.6 Å². The highest BCUT2D eigenvalue weighted by molar-refractivity contribution is 5.45. The molecule has 19 heavy (non-hydrogen) atoms. The van der Waals surface area contributed by atoms with E-state index in [-0.39, 0.29) is 0 Å². The molecule has 0 unspecified atom stereocenters. The van der Waals surface area contributed by atoms with Crippen LogP contribution in [0.3, 0.4) is 0 Å². The van der Waals surface area contributed by atoms with Crippen molar-refractivity contribution in [2.75, 3.05) is 36.1 Å². The van der Waals surface area contributed by atoms with E-state index in [4.69, 9.17) is 5.73 Å². The smallest absolute Gasteiger partial charge is 0.148 e. The van der Waals surface area contributed by atoms with Crippen LogP contribution in [-0.4, -0.2) is 30.3 Å². The Morgan fingerprint density at radius 1 is 1.11 bits per heavy atom. The molecule has 0 amide bonds. The minimum absolute atomic E-state index is 0.439. The first-order valence-electron chi connectivity index (χ1n) is 6.35. The Morgan fingerprint density at radius 3 is 2.58 bits per heavy atom.